The van der Waals surface area contributed by atoms with Gasteiger partial charge in [-0.25, -0.2) is 0 Å². The van der Waals surface area contributed by atoms with Crippen molar-refractivity contribution in [2.45, 2.75) is 0 Å². The summed E-state index contributed by atoms with van der Waals surface area (Å²) in [7, 11) is 2.48. The Labute approximate surface area is 68.0 Å². The second kappa shape index (κ2) is 4.88. The van der Waals surface area contributed by atoms with Crippen molar-refractivity contribution in [3.63, 3.8) is 0 Å². The Bertz CT molecular complexity index is 149. The van der Waals surface area contributed by atoms with Gasteiger partial charge in [-0.05, 0) is 14.1 Å². The van der Waals surface area contributed by atoms with Crippen LogP contribution in [0.5, 0.6) is 0 Å². The summed E-state index contributed by atoms with van der Waals surface area (Å²) in [5, 5.41) is 0. The molecule has 5 heteroatoms. The van der Waals surface area contributed by atoms with Crippen molar-refractivity contribution in [2.75, 3.05) is 41.0 Å². The van der Waals surface area contributed by atoms with Gasteiger partial charge < -0.3 is 13.9 Å². The van der Waals surface area contributed by atoms with Gasteiger partial charge in [0.1, 0.15) is 0 Å². The van der Waals surface area contributed by atoms with Crippen molar-refractivity contribution < 1.29 is 13.6 Å². The third kappa shape index (κ3) is 6.51. The zero-order chi connectivity index (χ0) is 8.91. The van der Waals surface area contributed by atoms with Gasteiger partial charge in [0.2, 0.25) is 0 Å². The molecular formula is C6H16NO3P. The van der Waals surface area contributed by atoms with E-state index in [1.54, 1.807) is 0 Å². The molecule has 0 aliphatic carbocycles. The van der Waals surface area contributed by atoms with Gasteiger partial charge in [-0.15, -0.1) is 0 Å². The summed E-state index contributed by atoms with van der Waals surface area (Å²) in [6.07, 6.45) is 0. The van der Waals surface area contributed by atoms with Gasteiger partial charge in [0.15, 0.2) is 0 Å². The van der Waals surface area contributed by atoms with Crippen molar-refractivity contribution in [3.8, 4) is 0 Å². The molecule has 0 aliphatic heterocycles. The van der Waals surface area contributed by atoms with Gasteiger partial charge in [0, 0.05) is 20.3 Å². The molecule has 0 aliphatic rings. The van der Waals surface area contributed by atoms with Crippen LogP contribution in [-0.4, -0.2) is 45.9 Å². The summed E-state index contributed by atoms with van der Waals surface area (Å²) in [6, 6.07) is 0. The summed E-state index contributed by atoms with van der Waals surface area (Å²) in [5.41, 5.74) is 0. The third-order valence-corrected chi connectivity index (χ3v) is 2.51. The molecule has 0 aromatic rings. The second-order valence-electron chi connectivity index (χ2n) is 2.59. The van der Waals surface area contributed by atoms with E-state index in [0.717, 1.165) is 6.54 Å². The minimum atomic E-state index is -2.76. The van der Waals surface area contributed by atoms with E-state index in [1.165, 1.54) is 13.8 Å². The van der Waals surface area contributed by atoms with Crippen molar-refractivity contribution in [1.82, 2.24) is 4.90 Å². The van der Waals surface area contributed by atoms with Crippen LogP contribution in [-0.2, 0) is 13.6 Å². The van der Waals surface area contributed by atoms with E-state index in [0.29, 0.717) is 6.61 Å². The Morgan fingerprint density at radius 1 is 1.45 bits per heavy atom. The van der Waals surface area contributed by atoms with E-state index >= 15 is 0 Å². The molecule has 0 heterocycles. The monoisotopic (exact) mass is 181 g/mol. The first-order valence-electron chi connectivity index (χ1n) is 3.40. The number of rotatable bonds is 5. The molecular weight excluding hydrogens is 165 g/mol. The molecule has 0 saturated carbocycles. The summed E-state index contributed by atoms with van der Waals surface area (Å²) in [6.45, 7) is 2.65. The summed E-state index contributed by atoms with van der Waals surface area (Å²) in [4.78, 5) is 1.95. The first-order chi connectivity index (χ1) is 4.98. The van der Waals surface area contributed by atoms with Crippen LogP contribution in [0.3, 0.4) is 0 Å². The van der Waals surface area contributed by atoms with Crippen molar-refractivity contribution >= 4 is 7.60 Å². The van der Waals surface area contributed by atoms with Crippen LogP contribution in [0.4, 0.5) is 0 Å². The maximum atomic E-state index is 11.1. The lowest BCUT2D eigenvalue weighted by Crippen LogP contribution is -2.17. The fourth-order valence-electron chi connectivity index (χ4n) is 0.442. The molecule has 0 N–H and O–H groups in total. The maximum absolute atomic E-state index is 11.1. The first kappa shape index (κ1) is 11.1. The van der Waals surface area contributed by atoms with Crippen molar-refractivity contribution in [1.29, 1.82) is 0 Å². The summed E-state index contributed by atoms with van der Waals surface area (Å²) in [5.74, 6) is 0. The summed E-state index contributed by atoms with van der Waals surface area (Å²) >= 11 is 0. The average molecular weight is 181 g/mol. The van der Waals surface area contributed by atoms with Crippen LogP contribution in [0.15, 0.2) is 0 Å². The Balaban J connectivity index is 3.46. The predicted molar refractivity (Wildman–Crippen MR) is 45.0 cm³/mol. The predicted octanol–water partition coefficient (Wildman–Crippen LogP) is 1.03. The van der Waals surface area contributed by atoms with Gasteiger partial charge in [0.25, 0.3) is 0 Å². The van der Waals surface area contributed by atoms with Crippen LogP contribution >= 0.6 is 7.60 Å². The van der Waals surface area contributed by atoms with Gasteiger partial charge in [-0.1, -0.05) is 0 Å². The summed E-state index contributed by atoms with van der Waals surface area (Å²) < 4.78 is 20.7. The molecule has 11 heavy (non-hydrogen) atoms. The lowest BCUT2D eigenvalue weighted by Gasteiger charge is -2.13. The molecule has 4 nitrogen and oxygen atoms in total. The molecule has 0 bridgehead atoms. The van der Waals surface area contributed by atoms with E-state index < -0.39 is 7.60 Å². The van der Waals surface area contributed by atoms with Crippen LogP contribution in [0.2, 0.25) is 0 Å². The standard InChI is InChI=1S/C6H16NO3P/c1-7(2)5-6-10-11(4,8)9-3/h5-6H2,1-4H3. The Morgan fingerprint density at radius 2 is 2.00 bits per heavy atom. The normalized spacial score (nSPS) is 16.8. The molecule has 1 unspecified atom stereocenters. The number of hydrogen-bond donors (Lipinski definition) is 0. The van der Waals surface area contributed by atoms with Crippen molar-refractivity contribution in [2.24, 2.45) is 0 Å². The zero-order valence-electron chi connectivity index (χ0n) is 7.53. The van der Waals surface area contributed by atoms with Gasteiger partial charge in [0.05, 0.1) is 6.61 Å². The lowest BCUT2D eigenvalue weighted by atomic mass is 10.6. The molecule has 0 fully saturated rings. The maximum Gasteiger partial charge on any atom is 0.327 e. The number of hydrogen-bond acceptors (Lipinski definition) is 4. The lowest BCUT2D eigenvalue weighted by molar-refractivity contribution is 0.214. The van der Waals surface area contributed by atoms with E-state index in [4.69, 9.17) is 4.52 Å². The third-order valence-electron chi connectivity index (χ3n) is 1.20. The SMILES string of the molecule is COP(C)(=O)OCCN(C)C. The topological polar surface area (TPSA) is 38.8 Å². The molecule has 0 aromatic heterocycles. The molecule has 0 amide bonds. The molecule has 1 atom stereocenters. The van der Waals surface area contributed by atoms with Crippen molar-refractivity contribution in [3.05, 3.63) is 0 Å². The fourth-order valence-corrected chi connectivity index (χ4v) is 0.961. The molecule has 0 rings (SSSR count). The Kier molecular flexibility index (Phi) is 4.93. The minimum absolute atomic E-state index is 0.439. The quantitative estimate of drug-likeness (QED) is 0.594. The van der Waals surface area contributed by atoms with E-state index in [1.807, 2.05) is 19.0 Å². The highest BCUT2D eigenvalue weighted by atomic mass is 31.2. The fraction of sp³-hybridized carbons (Fsp3) is 1.00. The highest BCUT2D eigenvalue weighted by molar-refractivity contribution is 7.52. The molecule has 0 spiro atoms. The van der Waals surface area contributed by atoms with Crippen LogP contribution < -0.4 is 0 Å². The van der Waals surface area contributed by atoms with Crippen LogP contribution in [0, 0.1) is 0 Å². The van der Waals surface area contributed by atoms with E-state index in [9.17, 15) is 4.57 Å². The van der Waals surface area contributed by atoms with Crippen LogP contribution in [0.1, 0.15) is 0 Å². The largest absolute Gasteiger partial charge is 0.327 e. The van der Waals surface area contributed by atoms with Gasteiger partial charge >= 0.3 is 7.60 Å². The van der Waals surface area contributed by atoms with Gasteiger partial charge in [-0.2, -0.15) is 0 Å². The Morgan fingerprint density at radius 3 is 2.36 bits per heavy atom. The van der Waals surface area contributed by atoms with E-state index in [-0.39, 0.29) is 0 Å². The highest BCUT2D eigenvalue weighted by Crippen LogP contribution is 2.42. The second-order valence-corrected chi connectivity index (χ2v) is 4.76. The molecule has 0 saturated heterocycles. The molecule has 0 aromatic carbocycles. The van der Waals surface area contributed by atoms with E-state index in [2.05, 4.69) is 4.52 Å². The molecule has 68 valence electrons. The molecule has 0 radical (unpaired) electrons. The zero-order valence-corrected chi connectivity index (χ0v) is 8.43. The smallest absolute Gasteiger partial charge is 0.312 e. The first-order valence-corrected chi connectivity index (χ1v) is 5.39. The highest BCUT2D eigenvalue weighted by Gasteiger charge is 2.13. The minimum Gasteiger partial charge on any atom is -0.312 e. The average Bonchev–Trinajstić information content (AvgIpc) is 1.87. The number of nitrogens with zero attached hydrogens (tertiary/aromatic N) is 1. The van der Waals surface area contributed by atoms with Gasteiger partial charge in [-0.3, -0.25) is 4.57 Å². The number of likely N-dealkylation sites (N-methyl/N-ethyl adjacent to an activating group) is 1. The van der Waals surface area contributed by atoms with Crippen LogP contribution in [0.25, 0.3) is 0 Å². The Hall–Kier alpha value is 0.110.